The summed E-state index contributed by atoms with van der Waals surface area (Å²) in [5, 5.41) is 2.70. The van der Waals surface area contributed by atoms with Crippen molar-refractivity contribution in [3.05, 3.63) is 136 Å². The highest BCUT2D eigenvalue weighted by Gasteiger charge is 2.49. The molecule has 6 aromatic carbocycles. The van der Waals surface area contributed by atoms with Gasteiger partial charge in [0.05, 0.1) is 10.4 Å². The van der Waals surface area contributed by atoms with E-state index in [9.17, 15) is 0 Å². The van der Waals surface area contributed by atoms with E-state index in [0.717, 1.165) is 0 Å². The molecular formula is C65H75BN2S. The molecule has 3 heterocycles. The van der Waals surface area contributed by atoms with Crippen molar-refractivity contribution in [2.24, 2.45) is 0 Å². The number of anilines is 6. The first kappa shape index (κ1) is 45.4. The van der Waals surface area contributed by atoms with Gasteiger partial charge in [-0.2, -0.15) is 0 Å². The molecule has 0 atom stereocenters. The molecule has 0 saturated heterocycles. The van der Waals surface area contributed by atoms with E-state index in [1.807, 2.05) is 11.3 Å². The molecule has 4 heteroatoms. The second kappa shape index (κ2) is 14.2. The number of fused-ring (bicyclic) bond motifs is 10. The van der Waals surface area contributed by atoms with Crippen LogP contribution in [0.4, 0.5) is 34.1 Å². The van der Waals surface area contributed by atoms with Crippen LogP contribution in [0.3, 0.4) is 0 Å². The summed E-state index contributed by atoms with van der Waals surface area (Å²) in [6.07, 6.45) is 7.14. The molecule has 0 amide bonds. The average molecular weight is 927 g/mol. The van der Waals surface area contributed by atoms with Crippen LogP contribution in [-0.2, 0) is 37.9 Å². The van der Waals surface area contributed by atoms with Gasteiger partial charge in [-0.05, 0) is 193 Å². The molecule has 2 aliphatic heterocycles. The first-order valence-corrected chi connectivity index (χ1v) is 27.2. The fourth-order valence-electron chi connectivity index (χ4n) is 13.9. The summed E-state index contributed by atoms with van der Waals surface area (Å²) in [7, 11) is 0. The molecule has 2 nitrogen and oxygen atoms in total. The quantitative estimate of drug-likeness (QED) is 0.159. The van der Waals surface area contributed by atoms with E-state index in [4.69, 9.17) is 0 Å². The Kier molecular flexibility index (Phi) is 9.34. The smallest absolute Gasteiger partial charge is 0.252 e. The Morgan fingerprint density at radius 1 is 0.449 bits per heavy atom. The first-order chi connectivity index (χ1) is 32.2. The Balaban J connectivity index is 1.22. The van der Waals surface area contributed by atoms with E-state index < -0.39 is 0 Å². The van der Waals surface area contributed by atoms with Crippen molar-refractivity contribution in [3.63, 3.8) is 0 Å². The molecule has 3 aliphatic carbocycles. The highest BCUT2D eigenvalue weighted by atomic mass is 32.1. The van der Waals surface area contributed by atoms with Crippen LogP contribution >= 0.6 is 11.3 Å². The minimum absolute atomic E-state index is 0.0569. The van der Waals surface area contributed by atoms with Gasteiger partial charge in [-0.25, -0.2) is 0 Å². The molecule has 69 heavy (non-hydrogen) atoms. The van der Waals surface area contributed by atoms with Crippen molar-refractivity contribution in [2.75, 3.05) is 9.80 Å². The number of aryl methyl sites for hydroxylation is 1. The first-order valence-electron chi connectivity index (χ1n) is 26.4. The SMILES string of the molecule is Cc1cc2c3c(c1)N(c1cccc4c1sc1cc(C(C)(C)C)ccc14)c1cc4c(cc1B3c1cc3c(cc1N2c1ccc2c(c1)C(C)(C)CCC2(C)C)C(C)(C)CCC3(C)C)C(C)(C)CCC4(C)C. The molecule has 0 N–H and O–H groups in total. The van der Waals surface area contributed by atoms with Gasteiger partial charge in [0.15, 0.2) is 0 Å². The maximum Gasteiger partial charge on any atom is 0.252 e. The summed E-state index contributed by atoms with van der Waals surface area (Å²) in [4.78, 5) is 5.47. The van der Waals surface area contributed by atoms with Crippen LogP contribution in [0.2, 0.25) is 0 Å². The van der Waals surface area contributed by atoms with Gasteiger partial charge in [0, 0.05) is 43.9 Å². The topological polar surface area (TPSA) is 6.48 Å². The Bertz CT molecular complexity index is 3360. The third kappa shape index (κ3) is 6.54. The number of hydrogen-bond donors (Lipinski definition) is 0. The standard InChI is InChI=1S/C65H75BN2S/c1-38-30-54-57-55(31-38)68(51-19-17-18-42-41-22-20-39(59(2,3)4)32-56(41)69-58(42)51)53-37-48-46(63(11,12)27-29-65(48,15)16)35-50(53)66(57)49-34-45-47(64(13,14)28-26-62(45,9)10)36-52(49)67(54)40-21-23-43-44(33-40)61(7,8)25-24-60(43,5)6/h17-23,30-37H,24-29H2,1-16H3. The summed E-state index contributed by atoms with van der Waals surface area (Å²) in [6.45, 7) is 39.4. The van der Waals surface area contributed by atoms with Crippen LogP contribution in [0, 0.1) is 6.92 Å². The van der Waals surface area contributed by atoms with Crippen LogP contribution in [0.25, 0.3) is 20.2 Å². The zero-order valence-corrected chi connectivity index (χ0v) is 45.6. The fourth-order valence-corrected chi connectivity index (χ4v) is 15.2. The molecule has 12 rings (SSSR count). The zero-order chi connectivity index (χ0) is 48.9. The van der Waals surface area contributed by atoms with E-state index in [1.165, 1.54) is 154 Å². The Hall–Kier alpha value is -4.80. The monoisotopic (exact) mass is 927 g/mol. The minimum atomic E-state index is 0.0569. The van der Waals surface area contributed by atoms with Gasteiger partial charge >= 0.3 is 0 Å². The van der Waals surface area contributed by atoms with E-state index in [-0.39, 0.29) is 44.6 Å². The second-order valence-corrected chi connectivity index (χ2v) is 28.5. The lowest BCUT2D eigenvalue weighted by molar-refractivity contribution is 0.332. The maximum absolute atomic E-state index is 2.74. The molecule has 7 aromatic rings. The van der Waals surface area contributed by atoms with Crippen molar-refractivity contribution in [2.45, 2.75) is 187 Å². The molecule has 5 aliphatic rings. The van der Waals surface area contributed by atoms with Gasteiger partial charge in [0.1, 0.15) is 0 Å². The molecule has 354 valence electrons. The summed E-state index contributed by atoms with van der Waals surface area (Å²) in [6, 6.07) is 37.9. The number of rotatable bonds is 2. The highest BCUT2D eigenvalue weighted by Crippen LogP contribution is 2.55. The largest absolute Gasteiger partial charge is 0.311 e. The van der Waals surface area contributed by atoms with Gasteiger partial charge in [0.2, 0.25) is 0 Å². The molecule has 0 radical (unpaired) electrons. The summed E-state index contributed by atoms with van der Waals surface area (Å²) in [5.41, 5.74) is 24.6. The molecular weight excluding hydrogens is 852 g/mol. The minimum Gasteiger partial charge on any atom is -0.311 e. The number of benzene rings is 6. The van der Waals surface area contributed by atoms with Gasteiger partial charge in [-0.1, -0.05) is 146 Å². The van der Waals surface area contributed by atoms with Gasteiger partial charge in [0.25, 0.3) is 6.71 Å². The van der Waals surface area contributed by atoms with Crippen molar-refractivity contribution in [3.8, 4) is 0 Å². The van der Waals surface area contributed by atoms with Crippen LogP contribution in [0.1, 0.15) is 187 Å². The lowest BCUT2D eigenvalue weighted by Crippen LogP contribution is -2.62. The van der Waals surface area contributed by atoms with Gasteiger partial charge in [-0.3, -0.25) is 0 Å². The van der Waals surface area contributed by atoms with E-state index in [2.05, 4.69) is 212 Å². The third-order valence-corrected chi connectivity index (χ3v) is 20.0. The van der Waals surface area contributed by atoms with Crippen LogP contribution in [0.15, 0.2) is 91.0 Å². The molecule has 0 fully saturated rings. The highest BCUT2D eigenvalue weighted by molar-refractivity contribution is 7.26. The van der Waals surface area contributed by atoms with Crippen molar-refractivity contribution >= 4 is 88.7 Å². The Morgan fingerprint density at radius 2 is 0.928 bits per heavy atom. The van der Waals surface area contributed by atoms with Crippen molar-refractivity contribution in [1.82, 2.24) is 0 Å². The van der Waals surface area contributed by atoms with Gasteiger partial charge < -0.3 is 9.80 Å². The Morgan fingerprint density at radius 3 is 1.46 bits per heavy atom. The lowest BCUT2D eigenvalue weighted by atomic mass is 9.32. The summed E-state index contributed by atoms with van der Waals surface area (Å²) < 4.78 is 2.73. The number of hydrogen-bond acceptors (Lipinski definition) is 3. The normalized spacial score (nSPS) is 20.7. The van der Waals surface area contributed by atoms with Gasteiger partial charge in [-0.15, -0.1) is 11.3 Å². The molecule has 0 unspecified atom stereocenters. The van der Waals surface area contributed by atoms with E-state index >= 15 is 0 Å². The predicted molar refractivity (Wildman–Crippen MR) is 303 cm³/mol. The molecule has 0 spiro atoms. The van der Waals surface area contributed by atoms with Crippen LogP contribution in [0.5, 0.6) is 0 Å². The zero-order valence-electron chi connectivity index (χ0n) is 44.8. The molecule has 1 aromatic heterocycles. The van der Waals surface area contributed by atoms with E-state index in [1.54, 1.807) is 0 Å². The van der Waals surface area contributed by atoms with E-state index in [0.29, 0.717) is 0 Å². The second-order valence-electron chi connectivity index (χ2n) is 27.5. The number of thiophene rings is 1. The number of nitrogens with zero attached hydrogens (tertiary/aromatic N) is 2. The fraction of sp³-hybridized carbons (Fsp3) is 0.446. The maximum atomic E-state index is 2.74. The average Bonchev–Trinajstić information content (AvgIpc) is 3.66. The van der Waals surface area contributed by atoms with Crippen LogP contribution in [-0.4, -0.2) is 6.71 Å². The van der Waals surface area contributed by atoms with Crippen molar-refractivity contribution in [1.29, 1.82) is 0 Å². The predicted octanol–water partition coefficient (Wildman–Crippen LogP) is 16.8. The molecule has 0 saturated carbocycles. The molecule has 0 bridgehead atoms. The Labute approximate surface area is 419 Å². The van der Waals surface area contributed by atoms with Crippen molar-refractivity contribution < 1.29 is 0 Å². The summed E-state index contributed by atoms with van der Waals surface area (Å²) in [5.74, 6) is 0. The summed E-state index contributed by atoms with van der Waals surface area (Å²) >= 11 is 1.98. The third-order valence-electron chi connectivity index (χ3n) is 18.8. The van der Waals surface area contributed by atoms with Crippen LogP contribution < -0.4 is 26.2 Å². The lowest BCUT2D eigenvalue weighted by Gasteiger charge is -2.49.